The number of hydrogen-bond donors (Lipinski definition) is 1. The molecule has 8 heteroatoms. The number of anilines is 1. The van der Waals surface area contributed by atoms with Crippen LogP contribution in [-0.2, 0) is 9.53 Å². The summed E-state index contributed by atoms with van der Waals surface area (Å²) in [6.07, 6.45) is 3.13. The third-order valence-corrected chi connectivity index (χ3v) is 6.22. The first-order valence-electron chi connectivity index (χ1n) is 10.9. The van der Waals surface area contributed by atoms with Gasteiger partial charge in [0, 0.05) is 28.6 Å². The van der Waals surface area contributed by atoms with Gasteiger partial charge in [-0.05, 0) is 54.7 Å². The Hall–Kier alpha value is -3.78. The molecular weight excluding hydrogens is 452 g/mol. The van der Waals surface area contributed by atoms with Crippen LogP contribution in [0.1, 0.15) is 53.1 Å². The molecule has 0 atom stereocenters. The zero-order chi connectivity index (χ0) is 24.8. The summed E-state index contributed by atoms with van der Waals surface area (Å²) < 4.78 is 5.24. The van der Waals surface area contributed by atoms with E-state index in [0.717, 1.165) is 10.4 Å². The fraction of sp³-hybridized carbons (Fsp3) is 0.231. The van der Waals surface area contributed by atoms with Gasteiger partial charge in [-0.25, -0.2) is 4.79 Å². The van der Waals surface area contributed by atoms with Crippen LogP contribution in [0.2, 0.25) is 0 Å². The molecule has 0 spiro atoms. The summed E-state index contributed by atoms with van der Waals surface area (Å²) in [5.74, 6) is -0.520. The van der Waals surface area contributed by atoms with E-state index in [1.54, 1.807) is 25.1 Å². The van der Waals surface area contributed by atoms with Crippen LogP contribution in [0.4, 0.5) is 10.7 Å². The highest BCUT2D eigenvalue weighted by Crippen LogP contribution is 2.40. The summed E-state index contributed by atoms with van der Waals surface area (Å²) in [4.78, 5) is 36.7. The zero-order valence-electron chi connectivity index (χ0n) is 19.5. The quantitative estimate of drug-likeness (QED) is 0.171. The first-order valence-corrected chi connectivity index (χ1v) is 11.7. The van der Waals surface area contributed by atoms with E-state index in [2.05, 4.69) is 19.2 Å². The third kappa shape index (κ3) is 5.77. The second-order valence-electron chi connectivity index (χ2n) is 7.91. The lowest BCUT2D eigenvalue weighted by molar-refractivity contribution is -0.384. The molecule has 176 valence electrons. The van der Waals surface area contributed by atoms with Gasteiger partial charge in [-0.1, -0.05) is 38.1 Å². The molecule has 0 aliphatic rings. The molecule has 0 fully saturated rings. The van der Waals surface area contributed by atoms with E-state index in [4.69, 9.17) is 4.74 Å². The van der Waals surface area contributed by atoms with Gasteiger partial charge in [-0.15, -0.1) is 11.3 Å². The van der Waals surface area contributed by atoms with Gasteiger partial charge in [0.1, 0.15) is 10.6 Å². The highest BCUT2D eigenvalue weighted by molar-refractivity contribution is 7.17. The van der Waals surface area contributed by atoms with Crippen molar-refractivity contribution in [3.05, 3.63) is 86.3 Å². The number of benzene rings is 2. The van der Waals surface area contributed by atoms with Crippen molar-refractivity contribution in [1.82, 2.24) is 0 Å². The minimum atomic E-state index is -0.566. The van der Waals surface area contributed by atoms with Crippen LogP contribution in [0.5, 0.6) is 0 Å². The number of thiophene rings is 1. The lowest BCUT2D eigenvalue weighted by atomic mass is 10.0. The Bertz CT molecular complexity index is 1230. The molecule has 1 heterocycles. The number of esters is 1. The highest BCUT2D eigenvalue weighted by Gasteiger charge is 2.25. The number of rotatable bonds is 8. The van der Waals surface area contributed by atoms with Gasteiger partial charge in [-0.2, -0.15) is 0 Å². The summed E-state index contributed by atoms with van der Waals surface area (Å²) >= 11 is 1.26. The number of ether oxygens (including phenoxy) is 1. The smallest absolute Gasteiger partial charge is 0.341 e. The number of nitrogens with one attached hydrogen (secondary N) is 1. The second kappa shape index (κ2) is 10.9. The molecule has 0 aliphatic heterocycles. The molecule has 0 saturated heterocycles. The van der Waals surface area contributed by atoms with E-state index >= 15 is 0 Å². The average Bonchev–Trinajstić information content (AvgIpc) is 3.13. The van der Waals surface area contributed by atoms with Crippen LogP contribution >= 0.6 is 11.3 Å². The van der Waals surface area contributed by atoms with E-state index in [-0.39, 0.29) is 23.8 Å². The number of amides is 1. The molecular formula is C26H26N2O5S. The topological polar surface area (TPSA) is 98.5 Å². The normalized spacial score (nSPS) is 11.1. The van der Waals surface area contributed by atoms with E-state index in [9.17, 15) is 19.7 Å². The molecule has 34 heavy (non-hydrogen) atoms. The number of non-ortho nitro benzene ring substituents is 1. The predicted molar refractivity (Wildman–Crippen MR) is 135 cm³/mol. The predicted octanol–water partition coefficient (Wildman–Crippen LogP) is 6.58. The number of carbonyl (C=O) groups is 2. The number of aryl methyl sites for hydroxylation is 1. The second-order valence-corrected chi connectivity index (χ2v) is 9.13. The standard InChI is InChI=1S/C26H26N2O5S/c1-5-33-26(30)24-23(20-11-13-21(14-12-20)28(31)32)17(4)34-25(24)27-22(29)15-8-18-6-9-19(10-7-18)16(2)3/h6-16H,5H2,1-4H3,(H,27,29)/b15-8+. The van der Waals surface area contributed by atoms with E-state index in [0.29, 0.717) is 22.0 Å². The fourth-order valence-corrected chi connectivity index (χ4v) is 4.51. The molecule has 1 amide bonds. The maximum absolute atomic E-state index is 12.8. The number of hydrogen-bond acceptors (Lipinski definition) is 6. The van der Waals surface area contributed by atoms with Crippen LogP contribution in [0, 0.1) is 17.0 Å². The van der Waals surface area contributed by atoms with Gasteiger partial charge < -0.3 is 10.1 Å². The summed E-state index contributed by atoms with van der Waals surface area (Å²) in [6.45, 7) is 7.94. The van der Waals surface area contributed by atoms with Crippen molar-refractivity contribution in [1.29, 1.82) is 0 Å². The summed E-state index contributed by atoms with van der Waals surface area (Å²) in [5.41, 5.74) is 3.51. The third-order valence-electron chi connectivity index (χ3n) is 5.20. The van der Waals surface area contributed by atoms with Gasteiger partial charge in [0.25, 0.3) is 5.69 Å². The summed E-state index contributed by atoms with van der Waals surface area (Å²) in [5, 5.41) is 14.2. The van der Waals surface area contributed by atoms with Crippen molar-refractivity contribution < 1.29 is 19.2 Å². The van der Waals surface area contributed by atoms with Crippen molar-refractivity contribution in [2.24, 2.45) is 0 Å². The van der Waals surface area contributed by atoms with Gasteiger partial charge in [-0.3, -0.25) is 14.9 Å². The fourth-order valence-electron chi connectivity index (χ4n) is 3.45. The monoisotopic (exact) mass is 478 g/mol. The maximum atomic E-state index is 12.8. The van der Waals surface area contributed by atoms with Crippen molar-refractivity contribution in [3.8, 4) is 11.1 Å². The van der Waals surface area contributed by atoms with Crippen LogP contribution in [0.15, 0.2) is 54.6 Å². The van der Waals surface area contributed by atoms with Crippen molar-refractivity contribution >= 4 is 40.0 Å². The van der Waals surface area contributed by atoms with Crippen LogP contribution in [-0.4, -0.2) is 23.4 Å². The molecule has 1 N–H and O–H groups in total. The first-order chi connectivity index (χ1) is 16.2. The Balaban J connectivity index is 1.90. The van der Waals surface area contributed by atoms with E-state index in [1.165, 1.54) is 35.1 Å². The van der Waals surface area contributed by atoms with Gasteiger partial charge in [0.15, 0.2) is 0 Å². The van der Waals surface area contributed by atoms with Crippen molar-refractivity contribution in [2.75, 3.05) is 11.9 Å². The van der Waals surface area contributed by atoms with E-state index in [1.807, 2.05) is 31.2 Å². The Kier molecular flexibility index (Phi) is 7.96. The lowest BCUT2D eigenvalue weighted by Crippen LogP contribution is -2.12. The molecule has 7 nitrogen and oxygen atoms in total. The minimum absolute atomic E-state index is 0.0468. The summed E-state index contributed by atoms with van der Waals surface area (Å²) in [6, 6.07) is 13.9. The average molecular weight is 479 g/mol. The van der Waals surface area contributed by atoms with Crippen molar-refractivity contribution in [3.63, 3.8) is 0 Å². The Morgan fingerprint density at radius 3 is 2.32 bits per heavy atom. The largest absolute Gasteiger partial charge is 0.462 e. The number of carbonyl (C=O) groups excluding carboxylic acids is 2. The van der Waals surface area contributed by atoms with Gasteiger partial charge in [0.05, 0.1) is 11.5 Å². The molecule has 3 rings (SSSR count). The first kappa shape index (κ1) is 24.9. The number of nitro benzene ring substituents is 1. The van der Waals surface area contributed by atoms with Crippen LogP contribution in [0.25, 0.3) is 17.2 Å². The molecule has 0 bridgehead atoms. The Morgan fingerprint density at radius 1 is 1.12 bits per heavy atom. The summed E-state index contributed by atoms with van der Waals surface area (Å²) in [7, 11) is 0. The van der Waals surface area contributed by atoms with Crippen LogP contribution < -0.4 is 5.32 Å². The van der Waals surface area contributed by atoms with E-state index < -0.39 is 10.9 Å². The van der Waals surface area contributed by atoms with Gasteiger partial charge >= 0.3 is 5.97 Å². The SMILES string of the molecule is CCOC(=O)c1c(NC(=O)/C=C/c2ccc(C(C)C)cc2)sc(C)c1-c1ccc([N+](=O)[O-])cc1. The molecule has 2 aromatic carbocycles. The number of nitro groups is 1. The van der Waals surface area contributed by atoms with Crippen molar-refractivity contribution in [2.45, 2.75) is 33.6 Å². The molecule has 0 radical (unpaired) electrons. The van der Waals surface area contributed by atoms with Gasteiger partial charge in [0.2, 0.25) is 5.91 Å². The Morgan fingerprint density at radius 2 is 1.76 bits per heavy atom. The lowest BCUT2D eigenvalue weighted by Gasteiger charge is -2.08. The van der Waals surface area contributed by atoms with Crippen LogP contribution in [0.3, 0.4) is 0 Å². The molecule has 0 unspecified atom stereocenters. The molecule has 0 saturated carbocycles. The maximum Gasteiger partial charge on any atom is 0.341 e. The highest BCUT2D eigenvalue weighted by atomic mass is 32.1. The zero-order valence-corrected chi connectivity index (χ0v) is 20.3. The number of nitrogens with zero attached hydrogens (tertiary/aromatic N) is 1. The molecule has 3 aromatic rings. The molecule has 1 aromatic heterocycles. The molecule has 0 aliphatic carbocycles. The Labute approximate surface area is 202 Å². The minimum Gasteiger partial charge on any atom is -0.462 e.